The summed E-state index contributed by atoms with van der Waals surface area (Å²) in [5, 5.41) is 4.79. The number of ether oxygens (including phenoxy) is 2. The molecule has 30 heavy (non-hydrogen) atoms. The van der Waals surface area contributed by atoms with Crippen LogP contribution in [-0.4, -0.2) is 44.4 Å². The van der Waals surface area contributed by atoms with Crippen LogP contribution < -0.4 is 9.47 Å². The van der Waals surface area contributed by atoms with E-state index in [2.05, 4.69) is 34.1 Å². The van der Waals surface area contributed by atoms with Gasteiger partial charge >= 0.3 is 0 Å². The maximum absolute atomic E-state index is 5.50. The van der Waals surface area contributed by atoms with Crippen LogP contribution in [0.3, 0.4) is 0 Å². The number of hydrogen-bond donors (Lipinski definition) is 0. The summed E-state index contributed by atoms with van der Waals surface area (Å²) in [6, 6.07) is 14.3. The van der Waals surface area contributed by atoms with Crippen LogP contribution in [0.4, 0.5) is 0 Å². The fourth-order valence-corrected chi connectivity index (χ4v) is 4.26. The van der Waals surface area contributed by atoms with Crippen LogP contribution >= 0.6 is 0 Å². The minimum absolute atomic E-state index is 0.312. The molecule has 5 heterocycles. The molecule has 6 rings (SSSR count). The summed E-state index contributed by atoms with van der Waals surface area (Å²) in [5.41, 5.74) is 4.28. The van der Waals surface area contributed by atoms with Crippen LogP contribution in [0, 0.1) is 0 Å². The molecule has 0 bridgehead atoms. The average Bonchev–Trinajstić information content (AvgIpc) is 3.52. The smallest absolute Gasteiger partial charge is 0.231 e. The number of hydrogen-bond acceptors (Lipinski definition) is 6. The number of nitrogens with zero attached hydrogens (tertiary/aromatic N) is 5. The topological polar surface area (TPSA) is 64.8 Å². The third-order valence-electron chi connectivity index (χ3n) is 5.82. The standard InChI is InChI=1S/C23H21N5O2/c1-2-17(11-24-8-1)18-4-6-22-25-23(26-28(22)14-18)19-7-9-27(13-19)12-16-3-5-20-21(10-16)30-15-29-20/h1-6,8,10-11,14,19H,7,9,12-13,15H2. The second kappa shape index (κ2) is 7.11. The Morgan fingerprint density at radius 3 is 2.93 bits per heavy atom. The van der Waals surface area contributed by atoms with Gasteiger partial charge in [-0.25, -0.2) is 9.50 Å². The largest absolute Gasteiger partial charge is 0.454 e. The second-order valence-electron chi connectivity index (χ2n) is 7.84. The molecule has 7 heteroatoms. The molecule has 0 N–H and O–H groups in total. The highest BCUT2D eigenvalue weighted by Crippen LogP contribution is 2.34. The molecule has 7 nitrogen and oxygen atoms in total. The molecule has 4 aromatic rings. The number of rotatable bonds is 4. The predicted octanol–water partition coefficient (Wildman–Crippen LogP) is 3.51. The highest BCUT2D eigenvalue weighted by atomic mass is 16.7. The van der Waals surface area contributed by atoms with Gasteiger partial charge in [-0.1, -0.05) is 12.1 Å². The molecule has 0 amide bonds. The van der Waals surface area contributed by atoms with Crippen molar-refractivity contribution in [2.45, 2.75) is 18.9 Å². The SMILES string of the molecule is c1cncc(-c2ccc3nc(C4CCN(Cc5ccc6c(c5)OCO6)C4)nn3c2)c1. The van der Waals surface area contributed by atoms with Gasteiger partial charge in [-0.3, -0.25) is 9.88 Å². The summed E-state index contributed by atoms with van der Waals surface area (Å²) in [4.78, 5) is 11.5. The van der Waals surface area contributed by atoms with E-state index in [0.29, 0.717) is 12.7 Å². The summed E-state index contributed by atoms with van der Waals surface area (Å²) in [7, 11) is 0. The van der Waals surface area contributed by atoms with E-state index in [0.717, 1.165) is 60.2 Å². The van der Waals surface area contributed by atoms with Crippen molar-refractivity contribution in [2.24, 2.45) is 0 Å². The first-order chi connectivity index (χ1) is 14.8. The lowest BCUT2D eigenvalue weighted by molar-refractivity contribution is 0.174. The summed E-state index contributed by atoms with van der Waals surface area (Å²) in [6.45, 7) is 3.20. The Kier molecular flexibility index (Phi) is 4.12. The first-order valence-corrected chi connectivity index (χ1v) is 10.2. The van der Waals surface area contributed by atoms with E-state index in [1.807, 2.05) is 35.1 Å². The van der Waals surface area contributed by atoms with Crippen LogP contribution in [0.15, 0.2) is 61.1 Å². The van der Waals surface area contributed by atoms with Gasteiger partial charge in [0.1, 0.15) is 0 Å². The molecule has 1 aromatic carbocycles. The molecule has 0 radical (unpaired) electrons. The van der Waals surface area contributed by atoms with E-state index in [1.165, 1.54) is 5.56 Å². The Morgan fingerprint density at radius 1 is 1.03 bits per heavy atom. The van der Waals surface area contributed by atoms with Gasteiger partial charge in [-0.2, -0.15) is 5.10 Å². The second-order valence-corrected chi connectivity index (χ2v) is 7.84. The first kappa shape index (κ1) is 17.4. The zero-order valence-electron chi connectivity index (χ0n) is 16.4. The zero-order chi connectivity index (χ0) is 19.9. The highest BCUT2D eigenvalue weighted by molar-refractivity contribution is 5.63. The Hall–Kier alpha value is -3.45. The van der Waals surface area contributed by atoms with Crippen molar-refractivity contribution in [3.63, 3.8) is 0 Å². The monoisotopic (exact) mass is 399 g/mol. The lowest BCUT2D eigenvalue weighted by atomic mass is 10.1. The van der Waals surface area contributed by atoms with E-state index >= 15 is 0 Å². The number of pyridine rings is 2. The normalized spacial score (nSPS) is 18.3. The molecule has 2 aliphatic rings. The summed E-state index contributed by atoms with van der Waals surface area (Å²) in [5.74, 6) is 2.94. The quantitative estimate of drug-likeness (QED) is 0.523. The average molecular weight is 399 g/mol. The van der Waals surface area contributed by atoms with Gasteiger partial charge in [0.25, 0.3) is 0 Å². The number of likely N-dealkylation sites (tertiary alicyclic amines) is 1. The fraction of sp³-hybridized carbons (Fsp3) is 0.261. The molecule has 3 aromatic heterocycles. The van der Waals surface area contributed by atoms with Gasteiger partial charge in [-0.15, -0.1) is 0 Å². The van der Waals surface area contributed by atoms with Crippen LogP contribution in [0.5, 0.6) is 11.5 Å². The van der Waals surface area contributed by atoms with Crippen molar-refractivity contribution in [1.82, 2.24) is 24.5 Å². The van der Waals surface area contributed by atoms with Crippen molar-refractivity contribution in [1.29, 1.82) is 0 Å². The number of benzene rings is 1. The van der Waals surface area contributed by atoms with Gasteiger partial charge in [-0.05, 0) is 48.9 Å². The molecule has 1 fully saturated rings. The van der Waals surface area contributed by atoms with Crippen LogP contribution in [0.25, 0.3) is 16.8 Å². The molecule has 1 atom stereocenters. The van der Waals surface area contributed by atoms with E-state index in [-0.39, 0.29) is 0 Å². The molecule has 150 valence electrons. The lowest BCUT2D eigenvalue weighted by Crippen LogP contribution is -2.20. The first-order valence-electron chi connectivity index (χ1n) is 10.2. The molecule has 0 saturated carbocycles. The van der Waals surface area contributed by atoms with Crippen LogP contribution in [-0.2, 0) is 6.54 Å². The van der Waals surface area contributed by atoms with Crippen molar-refractivity contribution in [2.75, 3.05) is 19.9 Å². The minimum Gasteiger partial charge on any atom is -0.454 e. The fourth-order valence-electron chi connectivity index (χ4n) is 4.26. The van der Waals surface area contributed by atoms with Gasteiger partial charge in [0.15, 0.2) is 23.0 Å². The minimum atomic E-state index is 0.312. The van der Waals surface area contributed by atoms with E-state index in [4.69, 9.17) is 19.6 Å². The van der Waals surface area contributed by atoms with Crippen molar-refractivity contribution in [3.05, 3.63) is 72.4 Å². The third kappa shape index (κ3) is 3.17. The van der Waals surface area contributed by atoms with Gasteiger partial charge in [0.2, 0.25) is 6.79 Å². The third-order valence-corrected chi connectivity index (χ3v) is 5.82. The van der Waals surface area contributed by atoms with Crippen LogP contribution in [0.1, 0.15) is 23.7 Å². The highest BCUT2D eigenvalue weighted by Gasteiger charge is 2.27. The molecule has 1 saturated heterocycles. The molecule has 1 unspecified atom stereocenters. The van der Waals surface area contributed by atoms with E-state index in [1.54, 1.807) is 6.20 Å². The van der Waals surface area contributed by atoms with Crippen molar-refractivity contribution < 1.29 is 9.47 Å². The van der Waals surface area contributed by atoms with Crippen molar-refractivity contribution >= 4 is 5.65 Å². The molecule has 2 aliphatic heterocycles. The zero-order valence-corrected chi connectivity index (χ0v) is 16.4. The summed E-state index contributed by atoms with van der Waals surface area (Å²) in [6.07, 6.45) is 6.74. The lowest BCUT2D eigenvalue weighted by Gasteiger charge is -2.15. The van der Waals surface area contributed by atoms with Gasteiger partial charge in [0.05, 0.1) is 0 Å². The Labute approximate surface area is 173 Å². The summed E-state index contributed by atoms with van der Waals surface area (Å²) < 4.78 is 12.8. The van der Waals surface area contributed by atoms with Gasteiger partial charge in [0, 0.05) is 48.7 Å². The Morgan fingerprint density at radius 2 is 2.00 bits per heavy atom. The number of fused-ring (bicyclic) bond motifs is 2. The van der Waals surface area contributed by atoms with E-state index in [9.17, 15) is 0 Å². The Bertz CT molecular complexity index is 1210. The predicted molar refractivity (Wildman–Crippen MR) is 111 cm³/mol. The van der Waals surface area contributed by atoms with E-state index < -0.39 is 0 Å². The maximum Gasteiger partial charge on any atom is 0.231 e. The summed E-state index contributed by atoms with van der Waals surface area (Å²) >= 11 is 0. The maximum atomic E-state index is 5.50. The molecule has 0 spiro atoms. The molecular weight excluding hydrogens is 378 g/mol. The van der Waals surface area contributed by atoms with Crippen molar-refractivity contribution in [3.8, 4) is 22.6 Å². The molecule has 0 aliphatic carbocycles. The van der Waals surface area contributed by atoms with Crippen LogP contribution in [0.2, 0.25) is 0 Å². The Balaban J connectivity index is 1.18. The molecular formula is C23H21N5O2. The van der Waals surface area contributed by atoms with Gasteiger partial charge < -0.3 is 9.47 Å². The number of aromatic nitrogens is 4.